The summed E-state index contributed by atoms with van der Waals surface area (Å²) in [6.45, 7) is 11.6. The quantitative estimate of drug-likeness (QED) is 0.348. The Morgan fingerprint density at radius 1 is 1.20 bits per heavy atom. The molecule has 0 spiro atoms. The van der Waals surface area contributed by atoms with Crippen LogP contribution in [-0.2, 0) is 16.1 Å². The Hall–Kier alpha value is -3.06. The summed E-state index contributed by atoms with van der Waals surface area (Å²) in [5.74, 6) is 0.259. The molecule has 0 fully saturated rings. The van der Waals surface area contributed by atoms with Gasteiger partial charge in [0.25, 0.3) is 0 Å². The molecule has 0 bridgehead atoms. The van der Waals surface area contributed by atoms with Gasteiger partial charge in [-0.2, -0.15) is 0 Å². The minimum atomic E-state index is -0.819. The van der Waals surface area contributed by atoms with E-state index in [1.807, 2.05) is 47.6 Å². The summed E-state index contributed by atoms with van der Waals surface area (Å²) in [6, 6.07) is 6.87. The molecule has 2 aromatic carbocycles. The van der Waals surface area contributed by atoms with Crippen molar-refractivity contribution in [2.24, 2.45) is 11.3 Å². The van der Waals surface area contributed by atoms with Crippen molar-refractivity contribution in [2.75, 3.05) is 7.11 Å². The van der Waals surface area contributed by atoms with Crippen LogP contribution in [0.3, 0.4) is 0 Å². The third-order valence-corrected chi connectivity index (χ3v) is 6.71. The lowest BCUT2D eigenvalue weighted by Gasteiger charge is -2.26. The fourth-order valence-corrected chi connectivity index (χ4v) is 4.11. The average Bonchev–Trinajstić information content (AvgIpc) is 2.81. The zero-order chi connectivity index (χ0) is 25.9. The number of aliphatic hydroxyl groups excluding tert-OH is 1. The van der Waals surface area contributed by atoms with Gasteiger partial charge in [0.2, 0.25) is 0 Å². The molecule has 1 aliphatic heterocycles. The number of ether oxygens (including phenoxy) is 4. The number of hydrogen-bond donors (Lipinski definition) is 1. The number of esters is 2. The highest BCUT2D eigenvalue weighted by molar-refractivity contribution is 5.97. The maximum absolute atomic E-state index is 13.1. The Kier molecular flexibility index (Phi) is 8.11. The number of fused-ring (bicyclic) bond motifs is 2. The molecule has 0 saturated carbocycles. The number of carbonyl (C=O) groups is 2. The van der Waals surface area contributed by atoms with Crippen molar-refractivity contribution in [1.29, 1.82) is 0 Å². The van der Waals surface area contributed by atoms with Gasteiger partial charge in [0, 0.05) is 11.1 Å². The molecule has 1 N–H and O–H groups in total. The topological polar surface area (TPSA) is 91.3 Å². The Balaban J connectivity index is 2.11. The molecule has 35 heavy (non-hydrogen) atoms. The molecule has 0 aromatic heterocycles. The lowest BCUT2D eigenvalue weighted by molar-refractivity contribution is -0.145. The first-order valence-electron chi connectivity index (χ1n) is 12.1. The predicted molar refractivity (Wildman–Crippen MR) is 132 cm³/mol. The van der Waals surface area contributed by atoms with E-state index in [-0.39, 0.29) is 41.3 Å². The standard InChI is InChI=1S/C28H36O7/c1-8-28(6,9-2)27(31)35-22-14-17(5)13-18-15-33-26(30)23-21(34-24(18)22)11-10-19(25(23)32-7)20(29)12-16(3)4/h10-11,13-14,16,20,29H,8-9,12,15H2,1-7H3/t20-/m0/s1. The SMILES string of the molecule is CCC(C)(CC)C(=O)Oc1cc(C)cc2c1Oc1ccc([C@@H](O)CC(C)C)c(OC)c1C(=O)OC2. The Labute approximate surface area is 207 Å². The summed E-state index contributed by atoms with van der Waals surface area (Å²) in [4.78, 5) is 26.1. The lowest BCUT2D eigenvalue weighted by Crippen LogP contribution is -2.31. The van der Waals surface area contributed by atoms with Gasteiger partial charge in [-0.3, -0.25) is 4.79 Å². The number of cyclic esters (lactones) is 1. The Morgan fingerprint density at radius 2 is 1.89 bits per heavy atom. The Bertz CT molecular complexity index is 1100. The minimum absolute atomic E-state index is 0.0689. The molecule has 1 heterocycles. The van der Waals surface area contributed by atoms with Crippen LogP contribution in [0.5, 0.6) is 23.0 Å². The maximum Gasteiger partial charge on any atom is 0.346 e. The molecular weight excluding hydrogens is 448 g/mol. The van der Waals surface area contributed by atoms with Crippen LogP contribution >= 0.6 is 0 Å². The van der Waals surface area contributed by atoms with Crippen LogP contribution in [-0.4, -0.2) is 24.2 Å². The van der Waals surface area contributed by atoms with E-state index in [0.717, 1.165) is 5.56 Å². The fourth-order valence-electron chi connectivity index (χ4n) is 4.11. The van der Waals surface area contributed by atoms with Crippen LogP contribution in [0.15, 0.2) is 24.3 Å². The molecule has 2 aromatic rings. The van der Waals surface area contributed by atoms with Gasteiger partial charge in [-0.05, 0) is 68.9 Å². The van der Waals surface area contributed by atoms with E-state index in [4.69, 9.17) is 18.9 Å². The first-order valence-corrected chi connectivity index (χ1v) is 12.1. The van der Waals surface area contributed by atoms with Crippen molar-refractivity contribution >= 4 is 11.9 Å². The van der Waals surface area contributed by atoms with Gasteiger partial charge in [0.1, 0.15) is 23.7 Å². The highest BCUT2D eigenvalue weighted by atomic mass is 16.6. The lowest BCUT2D eigenvalue weighted by atomic mass is 9.85. The van der Waals surface area contributed by atoms with Crippen LogP contribution in [0.4, 0.5) is 0 Å². The van der Waals surface area contributed by atoms with Crippen molar-refractivity contribution in [3.63, 3.8) is 0 Å². The molecule has 1 aliphatic rings. The van der Waals surface area contributed by atoms with E-state index in [1.165, 1.54) is 7.11 Å². The highest BCUT2D eigenvalue weighted by Gasteiger charge is 2.34. The molecule has 1 atom stereocenters. The molecule has 0 radical (unpaired) electrons. The predicted octanol–water partition coefficient (Wildman–Crippen LogP) is 6.28. The van der Waals surface area contributed by atoms with E-state index in [0.29, 0.717) is 36.1 Å². The van der Waals surface area contributed by atoms with Crippen LogP contribution in [0.1, 0.15) is 87.0 Å². The summed E-state index contributed by atoms with van der Waals surface area (Å²) >= 11 is 0. The summed E-state index contributed by atoms with van der Waals surface area (Å²) in [5.41, 5.74) is 1.37. The molecule has 190 valence electrons. The Morgan fingerprint density at radius 3 is 2.49 bits per heavy atom. The van der Waals surface area contributed by atoms with Crippen molar-refractivity contribution in [3.8, 4) is 23.0 Å². The zero-order valence-electron chi connectivity index (χ0n) is 21.7. The van der Waals surface area contributed by atoms with Crippen molar-refractivity contribution in [3.05, 3.63) is 46.5 Å². The van der Waals surface area contributed by atoms with Crippen molar-refractivity contribution in [1.82, 2.24) is 0 Å². The third-order valence-electron chi connectivity index (χ3n) is 6.71. The fraction of sp³-hybridized carbons (Fsp3) is 0.500. The number of methoxy groups -OCH3 is 1. The molecule has 7 nitrogen and oxygen atoms in total. The molecule has 0 amide bonds. The number of carbonyl (C=O) groups excluding carboxylic acids is 2. The van der Waals surface area contributed by atoms with Gasteiger partial charge in [-0.25, -0.2) is 4.79 Å². The third kappa shape index (κ3) is 5.45. The summed E-state index contributed by atoms with van der Waals surface area (Å²) < 4.78 is 23.3. The summed E-state index contributed by atoms with van der Waals surface area (Å²) in [5, 5.41) is 10.7. The maximum atomic E-state index is 13.1. The zero-order valence-corrected chi connectivity index (χ0v) is 21.7. The van der Waals surface area contributed by atoms with Crippen molar-refractivity contribution < 1.29 is 33.6 Å². The largest absolute Gasteiger partial charge is 0.495 e. The first-order chi connectivity index (χ1) is 16.5. The molecule has 0 unspecified atom stereocenters. The molecule has 0 aliphatic carbocycles. The molecule has 0 saturated heterocycles. The minimum Gasteiger partial charge on any atom is -0.495 e. The van der Waals surface area contributed by atoms with E-state index in [9.17, 15) is 14.7 Å². The van der Waals surface area contributed by atoms with Crippen LogP contribution in [0.25, 0.3) is 0 Å². The monoisotopic (exact) mass is 484 g/mol. The van der Waals surface area contributed by atoms with Crippen molar-refractivity contribution in [2.45, 2.75) is 73.5 Å². The molecule has 3 rings (SSSR count). The number of hydrogen-bond acceptors (Lipinski definition) is 7. The van der Waals surface area contributed by atoms with E-state index in [2.05, 4.69) is 0 Å². The van der Waals surface area contributed by atoms with Gasteiger partial charge >= 0.3 is 11.9 Å². The highest BCUT2D eigenvalue weighted by Crippen LogP contribution is 2.45. The summed E-state index contributed by atoms with van der Waals surface area (Å²) in [7, 11) is 1.44. The average molecular weight is 485 g/mol. The van der Waals surface area contributed by atoms with Gasteiger partial charge in [0.15, 0.2) is 11.5 Å². The van der Waals surface area contributed by atoms with E-state index < -0.39 is 17.5 Å². The summed E-state index contributed by atoms with van der Waals surface area (Å²) in [6.07, 6.45) is 0.953. The van der Waals surface area contributed by atoms with E-state index in [1.54, 1.807) is 18.2 Å². The van der Waals surface area contributed by atoms with Gasteiger partial charge < -0.3 is 24.1 Å². The van der Waals surface area contributed by atoms with Gasteiger partial charge in [-0.1, -0.05) is 27.7 Å². The molecule has 7 heteroatoms. The smallest absolute Gasteiger partial charge is 0.346 e. The van der Waals surface area contributed by atoms with Crippen LogP contribution in [0, 0.1) is 18.3 Å². The number of rotatable bonds is 8. The first kappa shape index (κ1) is 26.5. The number of benzene rings is 2. The normalized spacial score (nSPS) is 14.1. The second-order valence-electron chi connectivity index (χ2n) is 9.79. The second kappa shape index (κ2) is 10.7. The molecular formula is C28H36O7. The van der Waals surface area contributed by atoms with Crippen LogP contribution in [0.2, 0.25) is 0 Å². The second-order valence-corrected chi connectivity index (χ2v) is 9.79. The van der Waals surface area contributed by atoms with Crippen LogP contribution < -0.4 is 14.2 Å². The number of aliphatic hydroxyl groups is 1. The number of aryl methyl sites for hydroxylation is 1. The van der Waals surface area contributed by atoms with Gasteiger partial charge in [0.05, 0.1) is 18.6 Å². The van der Waals surface area contributed by atoms with E-state index >= 15 is 0 Å². The van der Waals surface area contributed by atoms with Gasteiger partial charge in [-0.15, -0.1) is 0 Å².